The first-order valence-electron chi connectivity index (χ1n) is 6.27. The molecule has 0 aliphatic rings. The third kappa shape index (κ3) is 5.94. The Bertz CT molecular complexity index is 397. The van der Waals surface area contributed by atoms with E-state index in [-0.39, 0.29) is 24.2 Å². The van der Waals surface area contributed by atoms with Crippen molar-refractivity contribution in [3.8, 4) is 5.75 Å². The van der Waals surface area contributed by atoms with Crippen molar-refractivity contribution in [2.75, 3.05) is 18.5 Å². The Labute approximate surface area is 121 Å². The number of ether oxygens (including phenoxy) is 1. The van der Waals surface area contributed by atoms with Gasteiger partial charge < -0.3 is 15.8 Å². The maximum Gasteiger partial charge on any atom is 0.228 e. The number of para-hydroxylation sites is 2. The number of amides is 1. The van der Waals surface area contributed by atoms with E-state index in [4.69, 9.17) is 10.5 Å². The van der Waals surface area contributed by atoms with E-state index < -0.39 is 0 Å². The third-order valence-electron chi connectivity index (χ3n) is 2.52. The Balaban J connectivity index is 0.00000324. The summed E-state index contributed by atoms with van der Waals surface area (Å²) >= 11 is 0. The lowest BCUT2D eigenvalue weighted by atomic mass is 10.1. The SMILES string of the molecule is CC(C)COc1ccccc1NC(=O)C(C)CN.Cl. The lowest BCUT2D eigenvalue weighted by Gasteiger charge is -2.15. The van der Waals surface area contributed by atoms with Gasteiger partial charge in [-0.1, -0.05) is 32.9 Å². The molecule has 1 rings (SSSR count). The van der Waals surface area contributed by atoms with Gasteiger partial charge in [-0.2, -0.15) is 0 Å². The molecule has 5 heteroatoms. The van der Waals surface area contributed by atoms with Gasteiger partial charge in [0.25, 0.3) is 0 Å². The fourth-order valence-electron chi connectivity index (χ4n) is 1.32. The summed E-state index contributed by atoms with van der Waals surface area (Å²) in [6, 6.07) is 7.44. The average Bonchev–Trinajstić information content (AvgIpc) is 2.36. The number of rotatable bonds is 6. The first-order valence-corrected chi connectivity index (χ1v) is 6.27. The summed E-state index contributed by atoms with van der Waals surface area (Å²) in [6.45, 7) is 6.92. The predicted molar refractivity (Wildman–Crippen MR) is 80.9 cm³/mol. The van der Waals surface area contributed by atoms with Crippen molar-refractivity contribution in [1.82, 2.24) is 0 Å². The number of hydrogen-bond donors (Lipinski definition) is 2. The van der Waals surface area contributed by atoms with Gasteiger partial charge in [0.1, 0.15) is 5.75 Å². The van der Waals surface area contributed by atoms with Crippen LogP contribution in [0.25, 0.3) is 0 Å². The highest BCUT2D eigenvalue weighted by Gasteiger charge is 2.13. The van der Waals surface area contributed by atoms with Crippen LogP contribution in [0.15, 0.2) is 24.3 Å². The number of benzene rings is 1. The van der Waals surface area contributed by atoms with E-state index >= 15 is 0 Å². The van der Waals surface area contributed by atoms with Crippen molar-refractivity contribution in [3.63, 3.8) is 0 Å². The molecule has 1 amide bonds. The Morgan fingerprint density at radius 1 is 1.32 bits per heavy atom. The molecule has 0 saturated carbocycles. The lowest BCUT2D eigenvalue weighted by Crippen LogP contribution is -2.26. The predicted octanol–water partition coefficient (Wildman–Crippen LogP) is 2.68. The number of hydrogen-bond acceptors (Lipinski definition) is 3. The van der Waals surface area contributed by atoms with Gasteiger partial charge in [-0.15, -0.1) is 12.4 Å². The smallest absolute Gasteiger partial charge is 0.228 e. The molecule has 1 aromatic carbocycles. The molecule has 3 N–H and O–H groups in total. The van der Waals surface area contributed by atoms with Gasteiger partial charge in [-0.25, -0.2) is 0 Å². The van der Waals surface area contributed by atoms with Gasteiger partial charge in [0, 0.05) is 12.5 Å². The van der Waals surface area contributed by atoms with Gasteiger partial charge >= 0.3 is 0 Å². The van der Waals surface area contributed by atoms with E-state index in [1.807, 2.05) is 24.3 Å². The van der Waals surface area contributed by atoms with Crippen molar-refractivity contribution < 1.29 is 9.53 Å². The second kappa shape index (κ2) is 8.77. The fraction of sp³-hybridized carbons (Fsp3) is 0.500. The first-order chi connectivity index (χ1) is 8.54. The molecule has 4 nitrogen and oxygen atoms in total. The molecule has 1 unspecified atom stereocenters. The van der Waals surface area contributed by atoms with Crippen molar-refractivity contribution in [1.29, 1.82) is 0 Å². The summed E-state index contributed by atoms with van der Waals surface area (Å²) in [6.07, 6.45) is 0. The lowest BCUT2D eigenvalue weighted by molar-refractivity contribution is -0.119. The highest BCUT2D eigenvalue weighted by Crippen LogP contribution is 2.24. The fourth-order valence-corrected chi connectivity index (χ4v) is 1.32. The monoisotopic (exact) mass is 286 g/mol. The highest BCUT2D eigenvalue weighted by atomic mass is 35.5. The topological polar surface area (TPSA) is 64.3 Å². The van der Waals surface area contributed by atoms with Crippen LogP contribution in [0.2, 0.25) is 0 Å². The van der Waals surface area contributed by atoms with E-state index in [2.05, 4.69) is 19.2 Å². The molecule has 108 valence electrons. The second-order valence-electron chi connectivity index (χ2n) is 4.83. The molecule has 0 heterocycles. The summed E-state index contributed by atoms with van der Waals surface area (Å²) < 4.78 is 5.67. The molecular formula is C14H23ClN2O2. The van der Waals surface area contributed by atoms with Crippen molar-refractivity contribution >= 4 is 24.0 Å². The summed E-state index contributed by atoms with van der Waals surface area (Å²) in [7, 11) is 0. The Morgan fingerprint density at radius 2 is 1.95 bits per heavy atom. The van der Waals surface area contributed by atoms with E-state index in [1.165, 1.54) is 0 Å². The summed E-state index contributed by atoms with van der Waals surface area (Å²) in [5, 5.41) is 2.84. The minimum Gasteiger partial charge on any atom is -0.491 e. The number of nitrogens with one attached hydrogen (secondary N) is 1. The van der Waals surface area contributed by atoms with Crippen LogP contribution in [0.5, 0.6) is 5.75 Å². The Hall–Kier alpha value is -1.26. The van der Waals surface area contributed by atoms with Crippen molar-refractivity contribution in [2.45, 2.75) is 20.8 Å². The van der Waals surface area contributed by atoms with Gasteiger partial charge in [-0.05, 0) is 18.1 Å². The standard InChI is InChI=1S/C14H22N2O2.ClH/c1-10(2)9-18-13-7-5-4-6-12(13)16-14(17)11(3)8-15;/h4-7,10-11H,8-9,15H2,1-3H3,(H,16,17);1H. The van der Waals surface area contributed by atoms with Crippen LogP contribution in [0.4, 0.5) is 5.69 Å². The zero-order valence-corrected chi connectivity index (χ0v) is 12.5. The first kappa shape index (κ1) is 17.7. The van der Waals surface area contributed by atoms with Gasteiger partial charge in [0.05, 0.1) is 12.3 Å². The molecule has 1 aromatic rings. The van der Waals surface area contributed by atoms with Crippen LogP contribution in [0.3, 0.4) is 0 Å². The molecule has 0 saturated heterocycles. The van der Waals surface area contributed by atoms with E-state index in [9.17, 15) is 4.79 Å². The normalized spacial score (nSPS) is 11.6. The van der Waals surface area contributed by atoms with Crippen LogP contribution in [0.1, 0.15) is 20.8 Å². The molecule has 19 heavy (non-hydrogen) atoms. The molecule has 0 radical (unpaired) electrons. The second-order valence-corrected chi connectivity index (χ2v) is 4.83. The van der Waals surface area contributed by atoms with Crippen molar-refractivity contribution in [2.24, 2.45) is 17.6 Å². The number of carbonyl (C=O) groups is 1. The average molecular weight is 287 g/mol. The van der Waals surface area contributed by atoms with Gasteiger partial charge in [0.15, 0.2) is 0 Å². The molecule has 0 fully saturated rings. The third-order valence-corrected chi connectivity index (χ3v) is 2.52. The highest BCUT2D eigenvalue weighted by molar-refractivity contribution is 5.93. The van der Waals surface area contributed by atoms with E-state index in [0.717, 1.165) is 0 Å². The quantitative estimate of drug-likeness (QED) is 0.845. The van der Waals surface area contributed by atoms with Crippen LogP contribution >= 0.6 is 12.4 Å². The van der Waals surface area contributed by atoms with Crippen LogP contribution < -0.4 is 15.8 Å². The molecule has 0 spiro atoms. The Kier molecular flexibility index (Phi) is 8.19. The van der Waals surface area contributed by atoms with Crippen LogP contribution in [0, 0.1) is 11.8 Å². The summed E-state index contributed by atoms with van der Waals surface area (Å²) in [5.74, 6) is 0.849. The molecular weight excluding hydrogens is 264 g/mol. The summed E-state index contributed by atoms with van der Waals surface area (Å²) in [5.41, 5.74) is 6.17. The van der Waals surface area contributed by atoms with E-state index in [0.29, 0.717) is 30.5 Å². The molecule has 0 aliphatic heterocycles. The molecule has 0 bridgehead atoms. The minimum atomic E-state index is -0.205. The van der Waals surface area contributed by atoms with Gasteiger partial charge in [-0.3, -0.25) is 4.79 Å². The molecule has 0 aromatic heterocycles. The number of halogens is 1. The van der Waals surface area contributed by atoms with Crippen LogP contribution in [-0.4, -0.2) is 19.1 Å². The molecule has 0 aliphatic carbocycles. The largest absolute Gasteiger partial charge is 0.491 e. The summed E-state index contributed by atoms with van der Waals surface area (Å²) in [4.78, 5) is 11.8. The number of nitrogens with two attached hydrogens (primary N) is 1. The Morgan fingerprint density at radius 3 is 2.53 bits per heavy atom. The minimum absolute atomic E-state index is 0. The maximum absolute atomic E-state index is 11.8. The van der Waals surface area contributed by atoms with Gasteiger partial charge in [0.2, 0.25) is 5.91 Å². The maximum atomic E-state index is 11.8. The zero-order chi connectivity index (χ0) is 13.5. The number of anilines is 1. The molecule has 1 atom stereocenters. The zero-order valence-electron chi connectivity index (χ0n) is 11.7. The number of carbonyl (C=O) groups excluding carboxylic acids is 1. The van der Waals surface area contributed by atoms with Crippen molar-refractivity contribution in [3.05, 3.63) is 24.3 Å². The van der Waals surface area contributed by atoms with Crippen LogP contribution in [-0.2, 0) is 4.79 Å². The van der Waals surface area contributed by atoms with E-state index in [1.54, 1.807) is 6.92 Å².